The predicted octanol–water partition coefficient (Wildman–Crippen LogP) is 1.38. The SMILES string of the molecule is O=C(O)C[C@@H]1CNc2ccc(O)cc21. The summed E-state index contributed by atoms with van der Waals surface area (Å²) in [5.41, 5.74) is 1.82. The first-order valence-corrected chi connectivity index (χ1v) is 4.45. The maximum absolute atomic E-state index is 10.6. The standard InChI is InChI=1S/C10H11NO3/c12-7-1-2-9-8(4-7)6(5-11-9)3-10(13)14/h1-2,4,6,11-12H,3,5H2,(H,13,14)/t6-/m1/s1. The van der Waals surface area contributed by atoms with Crippen molar-refractivity contribution in [3.05, 3.63) is 23.8 Å². The van der Waals surface area contributed by atoms with Crippen LogP contribution in [0.1, 0.15) is 17.9 Å². The molecule has 1 atom stereocenters. The zero-order valence-electron chi connectivity index (χ0n) is 7.53. The van der Waals surface area contributed by atoms with Crippen LogP contribution < -0.4 is 5.32 Å². The van der Waals surface area contributed by atoms with Crippen molar-refractivity contribution in [2.75, 3.05) is 11.9 Å². The highest BCUT2D eigenvalue weighted by atomic mass is 16.4. The number of phenolic OH excluding ortho intramolecular Hbond substituents is 1. The summed E-state index contributed by atoms with van der Waals surface area (Å²) in [5, 5.41) is 21.1. The molecule has 1 aliphatic heterocycles. The number of hydrogen-bond donors (Lipinski definition) is 3. The second-order valence-electron chi connectivity index (χ2n) is 3.45. The minimum absolute atomic E-state index is 0.0328. The van der Waals surface area contributed by atoms with Crippen molar-refractivity contribution in [1.29, 1.82) is 0 Å². The fourth-order valence-corrected chi connectivity index (χ4v) is 1.78. The number of aromatic hydroxyl groups is 1. The molecule has 1 aromatic carbocycles. The van der Waals surface area contributed by atoms with Gasteiger partial charge in [0.25, 0.3) is 0 Å². The van der Waals surface area contributed by atoms with Crippen molar-refractivity contribution in [2.45, 2.75) is 12.3 Å². The largest absolute Gasteiger partial charge is 0.508 e. The van der Waals surface area contributed by atoms with E-state index < -0.39 is 5.97 Å². The number of anilines is 1. The van der Waals surface area contributed by atoms with Crippen molar-refractivity contribution >= 4 is 11.7 Å². The first-order chi connectivity index (χ1) is 6.66. The number of fused-ring (bicyclic) bond motifs is 1. The molecule has 0 unspecified atom stereocenters. The number of nitrogens with one attached hydrogen (secondary N) is 1. The highest BCUT2D eigenvalue weighted by Crippen LogP contribution is 2.35. The molecule has 1 aliphatic rings. The van der Waals surface area contributed by atoms with E-state index in [9.17, 15) is 9.90 Å². The summed E-state index contributed by atoms with van der Waals surface area (Å²) in [4.78, 5) is 10.6. The van der Waals surface area contributed by atoms with Gasteiger partial charge < -0.3 is 15.5 Å². The van der Waals surface area contributed by atoms with Crippen LogP contribution in [-0.4, -0.2) is 22.7 Å². The fraction of sp³-hybridized carbons (Fsp3) is 0.300. The van der Waals surface area contributed by atoms with E-state index >= 15 is 0 Å². The molecular formula is C10H11NO3. The Balaban J connectivity index is 2.28. The average molecular weight is 193 g/mol. The molecule has 4 nitrogen and oxygen atoms in total. The molecule has 3 N–H and O–H groups in total. The number of aliphatic carboxylic acids is 1. The van der Waals surface area contributed by atoms with Gasteiger partial charge in [-0.2, -0.15) is 0 Å². The number of hydrogen-bond acceptors (Lipinski definition) is 3. The fourth-order valence-electron chi connectivity index (χ4n) is 1.78. The van der Waals surface area contributed by atoms with Gasteiger partial charge in [-0.3, -0.25) is 4.79 Å². The molecule has 0 fully saturated rings. The second kappa shape index (κ2) is 3.21. The van der Waals surface area contributed by atoms with E-state index in [0.29, 0.717) is 6.54 Å². The Morgan fingerprint density at radius 2 is 2.36 bits per heavy atom. The van der Waals surface area contributed by atoms with Gasteiger partial charge in [-0.05, 0) is 23.8 Å². The molecule has 0 amide bonds. The van der Waals surface area contributed by atoms with Crippen LogP contribution in [0.4, 0.5) is 5.69 Å². The first-order valence-electron chi connectivity index (χ1n) is 4.45. The van der Waals surface area contributed by atoms with Crippen molar-refractivity contribution in [3.63, 3.8) is 0 Å². The number of carbonyl (C=O) groups is 1. The minimum Gasteiger partial charge on any atom is -0.508 e. The molecule has 0 radical (unpaired) electrons. The van der Waals surface area contributed by atoms with Crippen LogP contribution in [0.3, 0.4) is 0 Å². The topological polar surface area (TPSA) is 69.6 Å². The van der Waals surface area contributed by atoms with Gasteiger partial charge in [-0.1, -0.05) is 0 Å². The Kier molecular flexibility index (Phi) is 2.04. The van der Waals surface area contributed by atoms with E-state index in [0.717, 1.165) is 11.3 Å². The number of benzene rings is 1. The Hall–Kier alpha value is -1.71. The average Bonchev–Trinajstić information content (AvgIpc) is 2.47. The molecule has 1 aromatic rings. The van der Waals surface area contributed by atoms with Gasteiger partial charge in [-0.15, -0.1) is 0 Å². The Bertz CT molecular complexity index is 376. The van der Waals surface area contributed by atoms with Crippen molar-refractivity contribution < 1.29 is 15.0 Å². The van der Waals surface area contributed by atoms with Gasteiger partial charge in [0.05, 0.1) is 6.42 Å². The van der Waals surface area contributed by atoms with Crippen LogP contribution in [0.25, 0.3) is 0 Å². The number of carboxylic acid groups (broad SMARTS) is 1. The van der Waals surface area contributed by atoms with Crippen LogP contribution in [0.5, 0.6) is 5.75 Å². The van der Waals surface area contributed by atoms with Crippen LogP contribution in [0, 0.1) is 0 Å². The van der Waals surface area contributed by atoms with E-state index in [1.165, 1.54) is 0 Å². The maximum Gasteiger partial charge on any atom is 0.304 e. The van der Waals surface area contributed by atoms with Crippen molar-refractivity contribution in [2.24, 2.45) is 0 Å². The number of rotatable bonds is 2. The van der Waals surface area contributed by atoms with Gasteiger partial charge in [0.15, 0.2) is 0 Å². The Morgan fingerprint density at radius 3 is 3.07 bits per heavy atom. The third kappa shape index (κ3) is 1.51. The maximum atomic E-state index is 10.6. The van der Waals surface area contributed by atoms with Gasteiger partial charge in [0, 0.05) is 18.2 Å². The number of phenols is 1. The molecule has 0 bridgehead atoms. The highest BCUT2D eigenvalue weighted by Gasteiger charge is 2.24. The molecule has 74 valence electrons. The van der Waals surface area contributed by atoms with Gasteiger partial charge >= 0.3 is 5.97 Å². The van der Waals surface area contributed by atoms with Gasteiger partial charge in [0.2, 0.25) is 0 Å². The van der Waals surface area contributed by atoms with Crippen LogP contribution in [0.15, 0.2) is 18.2 Å². The molecule has 0 saturated heterocycles. The smallest absolute Gasteiger partial charge is 0.304 e. The van der Waals surface area contributed by atoms with E-state index in [4.69, 9.17) is 5.11 Å². The quantitative estimate of drug-likeness (QED) is 0.620. The van der Waals surface area contributed by atoms with Crippen molar-refractivity contribution in [1.82, 2.24) is 0 Å². The van der Waals surface area contributed by atoms with Crippen LogP contribution in [-0.2, 0) is 4.79 Å². The molecule has 0 saturated carbocycles. The lowest BCUT2D eigenvalue weighted by Gasteiger charge is -2.06. The molecular weight excluding hydrogens is 182 g/mol. The molecule has 0 aliphatic carbocycles. The van der Waals surface area contributed by atoms with E-state index in [2.05, 4.69) is 5.32 Å². The summed E-state index contributed by atoms with van der Waals surface area (Å²) in [7, 11) is 0. The Morgan fingerprint density at radius 1 is 1.57 bits per heavy atom. The summed E-state index contributed by atoms with van der Waals surface area (Å²) in [6.45, 7) is 0.630. The predicted molar refractivity (Wildman–Crippen MR) is 51.6 cm³/mol. The summed E-state index contributed by atoms with van der Waals surface area (Å²) in [6, 6.07) is 4.99. The zero-order valence-corrected chi connectivity index (χ0v) is 7.53. The lowest BCUT2D eigenvalue weighted by Crippen LogP contribution is -2.07. The lowest BCUT2D eigenvalue weighted by atomic mass is 9.98. The highest BCUT2D eigenvalue weighted by molar-refractivity contribution is 5.71. The monoisotopic (exact) mass is 193 g/mol. The van der Waals surface area contributed by atoms with E-state index in [1.807, 2.05) is 0 Å². The summed E-state index contributed by atoms with van der Waals surface area (Å²) in [6.07, 6.45) is 0.101. The second-order valence-corrected chi connectivity index (χ2v) is 3.45. The lowest BCUT2D eigenvalue weighted by molar-refractivity contribution is -0.137. The normalized spacial score (nSPS) is 18.7. The molecule has 1 heterocycles. The van der Waals surface area contributed by atoms with E-state index in [-0.39, 0.29) is 18.1 Å². The third-order valence-corrected chi connectivity index (χ3v) is 2.43. The summed E-state index contributed by atoms with van der Waals surface area (Å²) in [5.74, 6) is -0.662. The summed E-state index contributed by atoms with van der Waals surface area (Å²) < 4.78 is 0. The molecule has 0 aromatic heterocycles. The molecule has 2 rings (SSSR count). The Labute approximate surface area is 81.2 Å². The van der Waals surface area contributed by atoms with Crippen molar-refractivity contribution in [3.8, 4) is 5.75 Å². The van der Waals surface area contributed by atoms with E-state index in [1.54, 1.807) is 18.2 Å². The third-order valence-electron chi connectivity index (χ3n) is 2.43. The zero-order chi connectivity index (χ0) is 10.1. The molecule has 0 spiro atoms. The van der Waals surface area contributed by atoms with Crippen LogP contribution in [0.2, 0.25) is 0 Å². The van der Waals surface area contributed by atoms with Gasteiger partial charge in [-0.25, -0.2) is 0 Å². The molecule has 4 heteroatoms. The van der Waals surface area contributed by atoms with Gasteiger partial charge in [0.1, 0.15) is 5.75 Å². The first kappa shape index (κ1) is 8.87. The minimum atomic E-state index is -0.812. The summed E-state index contributed by atoms with van der Waals surface area (Å²) >= 11 is 0. The van der Waals surface area contributed by atoms with Crippen LogP contribution >= 0.6 is 0 Å². The number of carboxylic acids is 1. The molecule has 14 heavy (non-hydrogen) atoms.